The number of ether oxygens (including phenoxy) is 1. The zero-order valence-electron chi connectivity index (χ0n) is 19.7. The maximum absolute atomic E-state index is 12.7. The fraction of sp³-hybridized carbons (Fsp3) is 0.400. The van der Waals surface area contributed by atoms with E-state index >= 15 is 0 Å². The number of amides is 1. The van der Waals surface area contributed by atoms with Crippen molar-refractivity contribution in [2.45, 2.75) is 58.7 Å². The SMILES string of the molecule is CCc1cccc(CC)c1NC(=O)CSc1nnc(C(C)Oc2cccc(C)c2C)n1C. The smallest absolute Gasteiger partial charge is 0.234 e. The van der Waals surface area contributed by atoms with Gasteiger partial charge in [0.2, 0.25) is 5.91 Å². The van der Waals surface area contributed by atoms with E-state index in [2.05, 4.69) is 61.4 Å². The Morgan fingerprint density at radius 2 is 1.75 bits per heavy atom. The number of nitrogens with zero attached hydrogens (tertiary/aromatic N) is 3. The quantitative estimate of drug-likeness (QED) is 0.439. The van der Waals surface area contributed by atoms with E-state index < -0.39 is 0 Å². The second-order valence-electron chi connectivity index (χ2n) is 7.85. The molecule has 0 fully saturated rings. The van der Waals surface area contributed by atoms with Gasteiger partial charge in [0.1, 0.15) is 5.75 Å². The summed E-state index contributed by atoms with van der Waals surface area (Å²) < 4.78 is 8.04. The Labute approximate surface area is 194 Å². The van der Waals surface area contributed by atoms with Gasteiger partial charge in [0.05, 0.1) is 5.75 Å². The molecule has 3 rings (SSSR count). The average Bonchev–Trinajstić information content (AvgIpc) is 3.16. The fourth-order valence-electron chi connectivity index (χ4n) is 3.61. The Morgan fingerprint density at radius 3 is 2.41 bits per heavy atom. The van der Waals surface area contributed by atoms with E-state index in [0.717, 1.165) is 46.8 Å². The number of aryl methyl sites for hydroxylation is 3. The van der Waals surface area contributed by atoms with Crippen molar-refractivity contribution in [2.24, 2.45) is 7.05 Å². The first kappa shape index (κ1) is 23.9. The van der Waals surface area contributed by atoms with Crippen LogP contribution in [-0.2, 0) is 24.7 Å². The van der Waals surface area contributed by atoms with Crippen molar-refractivity contribution in [1.29, 1.82) is 0 Å². The molecule has 6 nitrogen and oxygen atoms in total. The third kappa shape index (κ3) is 5.33. The summed E-state index contributed by atoms with van der Waals surface area (Å²) in [5.41, 5.74) is 5.55. The number of rotatable bonds is 9. The minimum absolute atomic E-state index is 0.0464. The van der Waals surface area contributed by atoms with Crippen molar-refractivity contribution in [1.82, 2.24) is 14.8 Å². The molecule has 1 aromatic heterocycles. The first-order valence-corrected chi connectivity index (χ1v) is 12.0. The zero-order chi connectivity index (χ0) is 23.3. The summed E-state index contributed by atoms with van der Waals surface area (Å²) >= 11 is 1.37. The van der Waals surface area contributed by atoms with Crippen molar-refractivity contribution < 1.29 is 9.53 Å². The number of para-hydroxylation sites is 1. The van der Waals surface area contributed by atoms with Gasteiger partial charge in [-0.2, -0.15) is 0 Å². The molecular weight excluding hydrogens is 420 g/mol. The van der Waals surface area contributed by atoms with E-state index in [1.165, 1.54) is 17.3 Å². The Kier molecular flexibility index (Phi) is 7.96. The van der Waals surface area contributed by atoms with Crippen LogP contribution in [0.4, 0.5) is 5.69 Å². The lowest BCUT2D eigenvalue weighted by atomic mass is 10.0. The summed E-state index contributed by atoms with van der Waals surface area (Å²) in [4.78, 5) is 12.7. The van der Waals surface area contributed by atoms with Crippen molar-refractivity contribution in [2.75, 3.05) is 11.1 Å². The molecule has 3 aromatic rings. The maximum Gasteiger partial charge on any atom is 0.234 e. The number of aromatic nitrogens is 3. The number of hydrogen-bond acceptors (Lipinski definition) is 5. The van der Waals surface area contributed by atoms with Crippen LogP contribution in [0.25, 0.3) is 0 Å². The molecule has 0 aliphatic carbocycles. The van der Waals surface area contributed by atoms with Crippen LogP contribution in [0.15, 0.2) is 41.6 Å². The van der Waals surface area contributed by atoms with Crippen LogP contribution in [-0.4, -0.2) is 26.4 Å². The number of hydrogen-bond donors (Lipinski definition) is 1. The van der Waals surface area contributed by atoms with E-state index in [1.54, 1.807) is 0 Å². The molecule has 32 heavy (non-hydrogen) atoms. The molecule has 0 saturated carbocycles. The van der Waals surface area contributed by atoms with Crippen LogP contribution in [0.1, 0.15) is 55.0 Å². The molecule has 0 bridgehead atoms. The largest absolute Gasteiger partial charge is 0.482 e. The minimum Gasteiger partial charge on any atom is -0.482 e. The van der Waals surface area contributed by atoms with Gasteiger partial charge >= 0.3 is 0 Å². The van der Waals surface area contributed by atoms with Gasteiger partial charge < -0.3 is 14.6 Å². The fourth-order valence-corrected chi connectivity index (χ4v) is 4.33. The van der Waals surface area contributed by atoms with E-state index in [9.17, 15) is 4.79 Å². The number of nitrogens with one attached hydrogen (secondary N) is 1. The predicted molar refractivity (Wildman–Crippen MR) is 131 cm³/mol. The Bertz CT molecular complexity index is 1070. The van der Waals surface area contributed by atoms with Gasteiger partial charge in [0.25, 0.3) is 0 Å². The highest BCUT2D eigenvalue weighted by atomic mass is 32.2. The minimum atomic E-state index is -0.264. The van der Waals surface area contributed by atoms with Crippen molar-refractivity contribution in [3.05, 3.63) is 64.5 Å². The molecule has 7 heteroatoms. The van der Waals surface area contributed by atoms with Crippen LogP contribution in [0.5, 0.6) is 5.75 Å². The van der Waals surface area contributed by atoms with Crippen molar-refractivity contribution >= 4 is 23.4 Å². The van der Waals surface area contributed by atoms with Crippen LogP contribution >= 0.6 is 11.8 Å². The second kappa shape index (κ2) is 10.7. The first-order valence-electron chi connectivity index (χ1n) is 11.0. The molecule has 1 amide bonds. The molecule has 1 heterocycles. The summed E-state index contributed by atoms with van der Waals surface area (Å²) in [6, 6.07) is 12.2. The number of thioether (sulfide) groups is 1. The molecule has 0 saturated heterocycles. The number of anilines is 1. The number of carbonyl (C=O) groups is 1. The average molecular weight is 453 g/mol. The van der Waals surface area contributed by atoms with Gasteiger partial charge in [-0.15, -0.1) is 10.2 Å². The lowest BCUT2D eigenvalue weighted by molar-refractivity contribution is -0.113. The van der Waals surface area contributed by atoms with E-state index in [0.29, 0.717) is 5.16 Å². The summed E-state index contributed by atoms with van der Waals surface area (Å²) in [5.74, 6) is 1.78. The molecule has 1 atom stereocenters. The molecule has 0 aliphatic heterocycles. The third-order valence-electron chi connectivity index (χ3n) is 5.69. The van der Waals surface area contributed by atoms with Crippen LogP contribution in [0.2, 0.25) is 0 Å². The van der Waals surface area contributed by atoms with E-state index in [4.69, 9.17) is 4.74 Å². The topological polar surface area (TPSA) is 69.0 Å². The molecule has 2 aromatic carbocycles. The molecule has 0 aliphatic rings. The lowest BCUT2D eigenvalue weighted by Gasteiger charge is -2.17. The maximum atomic E-state index is 12.7. The van der Waals surface area contributed by atoms with Crippen LogP contribution < -0.4 is 10.1 Å². The van der Waals surface area contributed by atoms with E-state index in [-0.39, 0.29) is 17.8 Å². The van der Waals surface area contributed by atoms with Gasteiger partial charge in [-0.3, -0.25) is 4.79 Å². The Hall–Kier alpha value is -2.80. The van der Waals surface area contributed by atoms with Crippen molar-refractivity contribution in [3.8, 4) is 5.75 Å². The summed E-state index contributed by atoms with van der Waals surface area (Å²) in [6.45, 7) is 10.3. The van der Waals surface area contributed by atoms with Gasteiger partial charge in [-0.1, -0.05) is 55.9 Å². The molecule has 170 valence electrons. The van der Waals surface area contributed by atoms with Gasteiger partial charge in [0, 0.05) is 12.7 Å². The zero-order valence-corrected chi connectivity index (χ0v) is 20.5. The highest BCUT2D eigenvalue weighted by Crippen LogP contribution is 2.28. The van der Waals surface area contributed by atoms with Gasteiger partial charge in [-0.05, 0) is 61.9 Å². The van der Waals surface area contributed by atoms with Crippen molar-refractivity contribution in [3.63, 3.8) is 0 Å². The highest BCUT2D eigenvalue weighted by Gasteiger charge is 2.19. The Morgan fingerprint density at radius 1 is 1.09 bits per heavy atom. The van der Waals surface area contributed by atoms with Gasteiger partial charge in [0.15, 0.2) is 17.1 Å². The number of benzene rings is 2. The third-order valence-corrected chi connectivity index (χ3v) is 6.71. The van der Waals surface area contributed by atoms with Gasteiger partial charge in [-0.25, -0.2) is 0 Å². The summed E-state index contributed by atoms with van der Waals surface area (Å²) in [5, 5.41) is 12.4. The van der Waals surface area contributed by atoms with Crippen LogP contribution in [0.3, 0.4) is 0 Å². The second-order valence-corrected chi connectivity index (χ2v) is 8.80. The first-order chi connectivity index (χ1) is 15.3. The van der Waals surface area contributed by atoms with E-state index in [1.807, 2.05) is 36.7 Å². The molecule has 1 N–H and O–H groups in total. The molecular formula is C25H32N4O2S. The van der Waals surface area contributed by atoms with Crippen LogP contribution in [0, 0.1) is 13.8 Å². The summed E-state index contributed by atoms with van der Waals surface area (Å²) in [7, 11) is 1.90. The predicted octanol–water partition coefficient (Wildman–Crippen LogP) is 5.43. The molecule has 0 radical (unpaired) electrons. The number of carbonyl (C=O) groups excluding carboxylic acids is 1. The molecule has 0 spiro atoms. The Balaban J connectivity index is 1.65. The summed E-state index contributed by atoms with van der Waals surface area (Å²) in [6.07, 6.45) is 1.49. The monoisotopic (exact) mass is 452 g/mol. The molecule has 1 unspecified atom stereocenters. The highest BCUT2D eigenvalue weighted by molar-refractivity contribution is 7.99. The normalized spacial score (nSPS) is 11.9. The lowest BCUT2D eigenvalue weighted by Crippen LogP contribution is -2.17. The standard InChI is InChI=1S/C25H32N4O2S/c1-7-19-12-10-13-20(8-2)23(19)26-22(30)15-32-25-28-27-24(29(25)6)18(5)31-21-14-9-11-16(3)17(21)4/h9-14,18H,7-8,15H2,1-6H3,(H,26,30).